The van der Waals surface area contributed by atoms with E-state index in [1.54, 1.807) is 6.07 Å². The van der Waals surface area contributed by atoms with Gasteiger partial charge in [-0.25, -0.2) is 8.78 Å². The molecule has 1 aliphatic rings. The summed E-state index contributed by atoms with van der Waals surface area (Å²) in [7, 11) is 0. The van der Waals surface area contributed by atoms with Crippen LogP contribution in [0.25, 0.3) is 0 Å². The van der Waals surface area contributed by atoms with Gasteiger partial charge in [0, 0.05) is 11.1 Å². The molecule has 0 heterocycles. The number of alkyl halides is 2. The first kappa shape index (κ1) is 13.1. The van der Waals surface area contributed by atoms with E-state index < -0.39 is 6.43 Å². The molecular formula is C14H20F2N2. The summed E-state index contributed by atoms with van der Waals surface area (Å²) in [5, 5.41) is 3.42. The average molecular weight is 254 g/mol. The van der Waals surface area contributed by atoms with Crippen LogP contribution in [0.1, 0.15) is 51.0 Å². The van der Waals surface area contributed by atoms with Gasteiger partial charge in [-0.1, -0.05) is 25.3 Å². The number of halogens is 2. The molecule has 0 aromatic heterocycles. The molecule has 4 heteroatoms. The fourth-order valence-electron chi connectivity index (χ4n) is 2.61. The molecule has 0 atom stereocenters. The minimum Gasteiger partial charge on any atom is -0.397 e. The summed E-state index contributed by atoms with van der Waals surface area (Å²) in [5.41, 5.74) is 7.03. The maximum Gasteiger partial charge on any atom is 0.263 e. The second kappa shape index (κ2) is 5.12. The molecule has 0 bridgehead atoms. The zero-order valence-corrected chi connectivity index (χ0v) is 10.7. The van der Waals surface area contributed by atoms with Crippen molar-refractivity contribution in [2.45, 2.75) is 51.0 Å². The van der Waals surface area contributed by atoms with Crippen molar-refractivity contribution < 1.29 is 8.78 Å². The second-order valence-corrected chi connectivity index (χ2v) is 5.39. The summed E-state index contributed by atoms with van der Waals surface area (Å²) < 4.78 is 25.1. The quantitative estimate of drug-likeness (QED) is 0.787. The van der Waals surface area contributed by atoms with E-state index in [2.05, 4.69) is 12.2 Å². The zero-order valence-electron chi connectivity index (χ0n) is 10.7. The van der Waals surface area contributed by atoms with Crippen molar-refractivity contribution in [3.8, 4) is 0 Å². The Morgan fingerprint density at radius 3 is 2.44 bits per heavy atom. The average Bonchev–Trinajstić information content (AvgIpc) is 2.32. The van der Waals surface area contributed by atoms with Gasteiger partial charge < -0.3 is 11.1 Å². The van der Waals surface area contributed by atoms with Crippen molar-refractivity contribution >= 4 is 11.4 Å². The molecule has 2 nitrogen and oxygen atoms in total. The van der Waals surface area contributed by atoms with Crippen LogP contribution in [0.2, 0.25) is 0 Å². The largest absolute Gasteiger partial charge is 0.397 e. The Hall–Kier alpha value is -1.32. The summed E-state index contributed by atoms with van der Waals surface area (Å²) in [5.74, 6) is 0. The Balaban J connectivity index is 2.14. The van der Waals surface area contributed by atoms with Gasteiger partial charge in [0.05, 0.1) is 11.4 Å². The lowest BCUT2D eigenvalue weighted by molar-refractivity contribution is 0.151. The summed E-state index contributed by atoms with van der Waals surface area (Å²) >= 11 is 0. The van der Waals surface area contributed by atoms with Crippen molar-refractivity contribution in [1.29, 1.82) is 0 Å². The van der Waals surface area contributed by atoms with Crippen LogP contribution in [0, 0.1) is 0 Å². The van der Waals surface area contributed by atoms with Gasteiger partial charge in [-0.3, -0.25) is 0 Å². The van der Waals surface area contributed by atoms with E-state index >= 15 is 0 Å². The molecule has 0 spiro atoms. The lowest BCUT2D eigenvalue weighted by atomic mass is 9.83. The molecule has 1 aliphatic carbocycles. The van der Waals surface area contributed by atoms with Gasteiger partial charge in [-0.2, -0.15) is 0 Å². The fraction of sp³-hybridized carbons (Fsp3) is 0.571. The number of nitrogens with one attached hydrogen (secondary N) is 1. The number of benzene rings is 1. The molecule has 0 radical (unpaired) electrons. The summed E-state index contributed by atoms with van der Waals surface area (Å²) in [4.78, 5) is 0. The van der Waals surface area contributed by atoms with E-state index in [1.165, 1.54) is 31.4 Å². The lowest BCUT2D eigenvalue weighted by Crippen LogP contribution is -2.37. The fourth-order valence-corrected chi connectivity index (χ4v) is 2.61. The molecule has 18 heavy (non-hydrogen) atoms. The molecule has 1 saturated carbocycles. The Labute approximate surface area is 107 Å². The Morgan fingerprint density at radius 2 is 1.89 bits per heavy atom. The predicted octanol–water partition coefficient (Wildman–Crippen LogP) is 4.34. The predicted molar refractivity (Wildman–Crippen MR) is 70.9 cm³/mol. The molecule has 0 amide bonds. The minimum atomic E-state index is -2.47. The maximum absolute atomic E-state index is 12.5. The van der Waals surface area contributed by atoms with Gasteiger partial charge in [-0.05, 0) is 31.9 Å². The van der Waals surface area contributed by atoms with Crippen molar-refractivity contribution in [2.75, 3.05) is 11.1 Å². The summed E-state index contributed by atoms with van der Waals surface area (Å²) in [6.45, 7) is 2.17. The third kappa shape index (κ3) is 2.92. The van der Waals surface area contributed by atoms with E-state index in [9.17, 15) is 8.78 Å². The Morgan fingerprint density at radius 1 is 1.22 bits per heavy atom. The van der Waals surface area contributed by atoms with Gasteiger partial charge in [0.2, 0.25) is 0 Å². The van der Waals surface area contributed by atoms with E-state index in [-0.39, 0.29) is 11.1 Å². The third-order valence-corrected chi connectivity index (χ3v) is 3.72. The van der Waals surface area contributed by atoms with Gasteiger partial charge in [0.15, 0.2) is 0 Å². The molecule has 1 fully saturated rings. The molecule has 1 aromatic carbocycles. The molecule has 1 aromatic rings. The molecule has 0 unspecified atom stereocenters. The van der Waals surface area contributed by atoms with Crippen LogP contribution in [0.5, 0.6) is 0 Å². The van der Waals surface area contributed by atoms with Crippen LogP contribution in [-0.4, -0.2) is 5.54 Å². The lowest BCUT2D eigenvalue weighted by Gasteiger charge is -2.36. The van der Waals surface area contributed by atoms with E-state index in [0.29, 0.717) is 5.69 Å². The summed E-state index contributed by atoms with van der Waals surface area (Å²) in [6, 6.07) is 4.46. The van der Waals surface area contributed by atoms with Crippen LogP contribution in [-0.2, 0) is 0 Å². The van der Waals surface area contributed by atoms with Gasteiger partial charge in [-0.15, -0.1) is 0 Å². The highest BCUT2D eigenvalue weighted by Gasteiger charge is 2.27. The number of hydrogen-bond donors (Lipinski definition) is 2. The van der Waals surface area contributed by atoms with Crippen molar-refractivity contribution in [3.63, 3.8) is 0 Å². The third-order valence-electron chi connectivity index (χ3n) is 3.72. The minimum absolute atomic E-state index is 0.0214. The number of anilines is 2. The number of rotatable bonds is 3. The van der Waals surface area contributed by atoms with E-state index in [4.69, 9.17) is 5.73 Å². The first-order chi connectivity index (χ1) is 8.50. The molecule has 3 N–H and O–H groups in total. The molecule has 2 rings (SSSR count). The van der Waals surface area contributed by atoms with E-state index in [1.807, 2.05) is 0 Å². The SMILES string of the molecule is CC1(Nc2ccc(C(F)F)cc2N)CCCCC1. The second-order valence-electron chi connectivity index (χ2n) is 5.39. The normalized spacial score (nSPS) is 18.9. The number of nitrogen functional groups attached to an aromatic ring is 1. The monoisotopic (exact) mass is 254 g/mol. The van der Waals surface area contributed by atoms with Gasteiger partial charge in [0.25, 0.3) is 6.43 Å². The Bertz CT molecular complexity index is 412. The molecular weight excluding hydrogens is 234 g/mol. The Kier molecular flexibility index (Phi) is 3.73. The molecule has 0 aliphatic heterocycles. The van der Waals surface area contributed by atoms with Crippen molar-refractivity contribution in [2.24, 2.45) is 0 Å². The zero-order chi connectivity index (χ0) is 13.2. The van der Waals surface area contributed by atoms with Crippen molar-refractivity contribution in [3.05, 3.63) is 23.8 Å². The first-order valence-corrected chi connectivity index (χ1v) is 6.46. The molecule has 0 saturated heterocycles. The highest BCUT2D eigenvalue weighted by molar-refractivity contribution is 5.68. The van der Waals surface area contributed by atoms with Crippen LogP contribution < -0.4 is 11.1 Å². The summed E-state index contributed by atoms with van der Waals surface area (Å²) in [6.07, 6.45) is 3.42. The van der Waals surface area contributed by atoms with Crippen LogP contribution in [0.3, 0.4) is 0 Å². The highest BCUT2D eigenvalue weighted by atomic mass is 19.3. The topological polar surface area (TPSA) is 38.0 Å². The first-order valence-electron chi connectivity index (χ1n) is 6.46. The number of hydrogen-bond acceptors (Lipinski definition) is 2. The van der Waals surface area contributed by atoms with Gasteiger partial charge >= 0.3 is 0 Å². The van der Waals surface area contributed by atoms with Crippen LogP contribution in [0.4, 0.5) is 20.2 Å². The van der Waals surface area contributed by atoms with Crippen LogP contribution >= 0.6 is 0 Å². The standard InChI is InChI=1S/C14H20F2N2/c1-14(7-3-2-4-8-14)18-12-6-5-10(13(15)16)9-11(12)17/h5-6,9,13,18H,2-4,7-8,17H2,1H3. The number of nitrogens with two attached hydrogens (primary N) is 1. The molecule has 100 valence electrons. The smallest absolute Gasteiger partial charge is 0.263 e. The highest BCUT2D eigenvalue weighted by Crippen LogP contribution is 2.34. The maximum atomic E-state index is 12.5. The van der Waals surface area contributed by atoms with Gasteiger partial charge in [0.1, 0.15) is 0 Å². The van der Waals surface area contributed by atoms with E-state index in [0.717, 1.165) is 18.5 Å². The van der Waals surface area contributed by atoms with Crippen LogP contribution in [0.15, 0.2) is 18.2 Å². The van der Waals surface area contributed by atoms with Crippen molar-refractivity contribution in [1.82, 2.24) is 0 Å².